The molecule has 1 aliphatic heterocycles. The van der Waals surface area contributed by atoms with Crippen LogP contribution in [-0.4, -0.2) is 57.1 Å². The summed E-state index contributed by atoms with van der Waals surface area (Å²) in [5, 5.41) is 46.1. The predicted molar refractivity (Wildman–Crippen MR) is 33.9 cm³/mol. The van der Waals surface area contributed by atoms with E-state index >= 15 is 0 Å². The molecular formula is C6H9KO7. The van der Waals surface area contributed by atoms with Gasteiger partial charge in [0.1, 0.15) is 24.4 Å². The van der Waals surface area contributed by atoms with Gasteiger partial charge in [-0.1, -0.05) is 0 Å². The summed E-state index contributed by atoms with van der Waals surface area (Å²) >= 11 is 0. The van der Waals surface area contributed by atoms with Gasteiger partial charge in [0.2, 0.25) is 0 Å². The third-order valence-electron chi connectivity index (χ3n) is 1.82. The maximum Gasteiger partial charge on any atom is 1.00 e. The normalized spacial score (nSPS) is 42.7. The first-order valence-corrected chi connectivity index (χ1v) is 3.53. The van der Waals surface area contributed by atoms with Gasteiger partial charge in [0.15, 0.2) is 6.29 Å². The molecule has 8 heteroatoms. The number of carbonyl (C=O) groups is 1. The number of carbonyl (C=O) groups excluding carboxylic acids is 1. The first-order valence-electron chi connectivity index (χ1n) is 3.53. The molecule has 1 aliphatic rings. The van der Waals surface area contributed by atoms with Crippen LogP contribution in [0.25, 0.3) is 0 Å². The number of ether oxygens (including phenoxy) is 1. The quantitative estimate of drug-likeness (QED) is 0.330. The third-order valence-corrected chi connectivity index (χ3v) is 1.82. The Labute approximate surface area is 122 Å². The van der Waals surface area contributed by atoms with Crippen LogP contribution in [0.3, 0.4) is 0 Å². The fourth-order valence-electron chi connectivity index (χ4n) is 1.06. The maximum atomic E-state index is 10.3. The summed E-state index contributed by atoms with van der Waals surface area (Å²) in [7, 11) is 0. The van der Waals surface area contributed by atoms with Crippen molar-refractivity contribution in [1.29, 1.82) is 0 Å². The van der Waals surface area contributed by atoms with Crippen molar-refractivity contribution < 1.29 is 86.4 Å². The zero-order valence-corrected chi connectivity index (χ0v) is 10.5. The van der Waals surface area contributed by atoms with Crippen LogP contribution >= 0.6 is 0 Å². The Kier molecular flexibility index (Phi) is 6.22. The molecule has 1 heterocycles. The van der Waals surface area contributed by atoms with Crippen molar-refractivity contribution in [1.82, 2.24) is 0 Å². The summed E-state index contributed by atoms with van der Waals surface area (Å²) < 4.78 is 4.28. The summed E-state index contributed by atoms with van der Waals surface area (Å²) in [5.74, 6) is -1.77. The Hall–Kier alpha value is 0.906. The molecule has 0 bridgehead atoms. The third kappa shape index (κ3) is 2.95. The molecular weight excluding hydrogens is 223 g/mol. The van der Waals surface area contributed by atoms with E-state index in [-0.39, 0.29) is 51.4 Å². The molecule has 0 spiro atoms. The van der Waals surface area contributed by atoms with E-state index in [1.165, 1.54) is 0 Å². The Balaban J connectivity index is 0.00000169. The Bertz CT molecular complexity index is 210. The van der Waals surface area contributed by atoms with Crippen LogP contribution in [0.15, 0.2) is 0 Å². The summed E-state index contributed by atoms with van der Waals surface area (Å²) in [5.41, 5.74) is 0. The summed E-state index contributed by atoms with van der Waals surface area (Å²) in [6, 6.07) is 0. The van der Waals surface area contributed by atoms with Crippen molar-refractivity contribution in [2.75, 3.05) is 0 Å². The molecule has 5 atom stereocenters. The van der Waals surface area contributed by atoms with Gasteiger partial charge in [-0.25, -0.2) is 0 Å². The number of carboxylic acid groups (broad SMARTS) is 1. The number of hydrogen-bond donors (Lipinski definition) is 4. The van der Waals surface area contributed by atoms with Crippen molar-refractivity contribution >= 4 is 5.97 Å². The SMILES string of the molecule is O=C([O-])[C@H]1O[C@@H](O)[C@@H](O)[C@@H](O)[C@@H]1O.[K+]. The zero-order valence-electron chi connectivity index (χ0n) is 7.40. The number of aliphatic carboxylic acids is 1. The largest absolute Gasteiger partial charge is 1.00 e. The number of aliphatic hydroxyl groups excluding tert-OH is 4. The van der Waals surface area contributed by atoms with Gasteiger partial charge in [-0.3, -0.25) is 0 Å². The first kappa shape index (κ1) is 14.9. The van der Waals surface area contributed by atoms with Gasteiger partial charge in [0.25, 0.3) is 0 Å². The van der Waals surface area contributed by atoms with E-state index in [4.69, 9.17) is 20.4 Å². The molecule has 0 unspecified atom stereocenters. The van der Waals surface area contributed by atoms with Gasteiger partial charge in [0.05, 0.1) is 5.97 Å². The Morgan fingerprint density at radius 3 is 2.00 bits per heavy atom. The molecule has 0 aromatic carbocycles. The molecule has 0 aromatic heterocycles. The van der Waals surface area contributed by atoms with Crippen molar-refractivity contribution in [3.8, 4) is 0 Å². The van der Waals surface area contributed by atoms with Crippen molar-refractivity contribution in [3.63, 3.8) is 0 Å². The maximum absolute atomic E-state index is 10.3. The smallest absolute Gasteiger partial charge is 0.547 e. The van der Waals surface area contributed by atoms with E-state index in [9.17, 15) is 9.90 Å². The van der Waals surface area contributed by atoms with Gasteiger partial charge in [-0.15, -0.1) is 0 Å². The number of carboxylic acids is 1. The Morgan fingerprint density at radius 1 is 1.07 bits per heavy atom. The van der Waals surface area contributed by atoms with Crippen molar-refractivity contribution in [3.05, 3.63) is 0 Å². The molecule has 0 radical (unpaired) electrons. The van der Waals surface area contributed by atoms with Gasteiger partial charge >= 0.3 is 51.4 Å². The van der Waals surface area contributed by atoms with Crippen LogP contribution in [0.1, 0.15) is 0 Å². The van der Waals surface area contributed by atoms with Crippen LogP contribution in [0.5, 0.6) is 0 Å². The van der Waals surface area contributed by atoms with E-state index in [0.717, 1.165) is 0 Å². The Morgan fingerprint density at radius 2 is 1.57 bits per heavy atom. The molecule has 1 saturated heterocycles. The van der Waals surface area contributed by atoms with E-state index in [2.05, 4.69) is 4.74 Å². The minimum Gasteiger partial charge on any atom is -0.547 e. The molecule has 4 N–H and O–H groups in total. The van der Waals surface area contributed by atoms with Gasteiger partial charge < -0.3 is 35.1 Å². The number of hydrogen-bond acceptors (Lipinski definition) is 7. The molecule has 14 heavy (non-hydrogen) atoms. The minimum absolute atomic E-state index is 0. The van der Waals surface area contributed by atoms with Gasteiger partial charge in [-0.05, 0) is 0 Å². The van der Waals surface area contributed by atoms with Crippen LogP contribution in [0, 0.1) is 0 Å². The molecule has 1 fully saturated rings. The number of rotatable bonds is 1. The van der Waals surface area contributed by atoms with Crippen molar-refractivity contribution in [2.24, 2.45) is 0 Å². The van der Waals surface area contributed by atoms with Crippen molar-refractivity contribution in [2.45, 2.75) is 30.7 Å². The predicted octanol–water partition coefficient (Wildman–Crippen LogP) is -7.46. The van der Waals surface area contributed by atoms with Gasteiger partial charge in [-0.2, -0.15) is 0 Å². The van der Waals surface area contributed by atoms with E-state index in [1.54, 1.807) is 0 Å². The average molecular weight is 232 g/mol. The topological polar surface area (TPSA) is 130 Å². The second kappa shape index (κ2) is 5.85. The summed E-state index contributed by atoms with van der Waals surface area (Å²) in [6.45, 7) is 0. The molecule has 0 aliphatic carbocycles. The molecule has 0 saturated carbocycles. The minimum atomic E-state index is -1.85. The van der Waals surface area contributed by atoms with E-state index < -0.39 is 36.7 Å². The summed E-state index contributed by atoms with van der Waals surface area (Å²) in [4.78, 5) is 10.3. The molecule has 0 aromatic rings. The van der Waals surface area contributed by atoms with Gasteiger partial charge in [0, 0.05) is 0 Å². The zero-order chi connectivity index (χ0) is 10.2. The monoisotopic (exact) mass is 232 g/mol. The van der Waals surface area contributed by atoms with Crippen LogP contribution < -0.4 is 56.5 Å². The van der Waals surface area contributed by atoms with E-state index in [0.29, 0.717) is 0 Å². The second-order valence-electron chi connectivity index (χ2n) is 2.74. The standard InChI is InChI=1S/C6H10O7.K/c7-1-2(8)4(5(10)11)13-6(12)3(1)9;/h1-4,6-9,12H,(H,10,11);/q;+1/p-1/t1-,2-,3-,4-,6+;/m0./s1. The number of aliphatic hydroxyl groups is 4. The average Bonchev–Trinajstić information content (AvgIpc) is 2.07. The van der Waals surface area contributed by atoms with Crippen LogP contribution in [-0.2, 0) is 9.53 Å². The molecule has 0 amide bonds. The fraction of sp³-hybridized carbons (Fsp3) is 0.833. The second-order valence-corrected chi connectivity index (χ2v) is 2.74. The van der Waals surface area contributed by atoms with E-state index in [1.807, 2.05) is 0 Å². The molecule has 1 rings (SSSR count). The fourth-order valence-corrected chi connectivity index (χ4v) is 1.06. The molecule has 7 nitrogen and oxygen atoms in total. The van der Waals surface area contributed by atoms with Crippen LogP contribution in [0.4, 0.5) is 0 Å². The molecule has 76 valence electrons. The van der Waals surface area contributed by atoms with Crippen LogP contribution in [0.2, 0.25) is 0 Å². The first-order chi connectivity index (χ1) is 5.95. The summed E-state index contributed by atoms with van der Waals surface area (Å²) in [6.07, 6.45) is -9.00.